The highest BCUT2D eigenvalue weighted by Gasteiger charge is 2.35. The van der Waals surface area contributed by atoms with Gasteiger partial charge in [0.15, 0.2) is 0 Å². The summed E-state index contributed by atoms with van der Waals surface area (Å²) in [6, 6.07) is 19.2. The molecule has 8 aliphatic rings. The number of amides is 3. The van der Waals surface area contributed by atoms with Crippen molar-refractivity contribution in [3.05, 3.63) is 205 Å². The van der Waals surface area contributed by atoms with Crippen molar-refractivity contribution < 1.29 is 19.5 Å². The van der Waals surface area contributed by atoms with E-state index in [4.69, 9.17) is 0 Å². The van der Waals surface area contributed by atoms with Crippen LogP contribution < -0.4 is 24.5 Å². The Morgan fingerprint density at radius 1 is 0.516 bits per heavy atom. The lowest BCUT2D eigenvalue weighted by atomic mass is 9.81. The zero-order valence-corrected chi connectivity index (χ0v) is 51.7. The second-order valence-corrected chi connectivity index (χ2v) is 24.0. The van der Waals surface area contributed by atoms with Crippen LogP contribution in [0.15, 0.2) is 166 Å². The number of carbonyl (C=O) groups is 3. The summed E-state index contributed by atoms with van der Waals surface area (Å²) in [6.07, 6.45) is 26.1. The lowest BCUT2D eigenvalue weighted by Crippen LogP contribution is -2.49. The Hall–Kier alpha value is -10.2. The molecule has 91 heavy (non-hydrogen) atoms. The molecule has 3 saturated heterocycles. The number of piperazine rings is 3. The third-order valence-electron chi connectivity index (χ3n) is 18.9. The van der Waals surface area contributed by atoms with Crippen LogP contribution in [-0.4, -0.2) is 181 Å². The normalized spacial score (nSPS) is 19.4. The molecule has 10 heterocycles. The predicted octanol–water partition coefficient (Wildman–Crippen LogP) is 7.45. The van der Waals surface area contributed by atoms with Crippen LogP contribution in [0.5, 0.6) is 0 Å². The first-order valence-corrected chi connectivity index (χ1v) is 31.6. The molecule has 0 radical (unpaired) electrons. The second-order valence-electron chi connectivity index (χ2n) is 24.0. The van der Waals surface area contributed by atoms with E-state index in [9.17, 15) is 19.5 Å². The maximum Gasteiger partial charge on any atom is 0.246 e. The van der Waals surface area contributed by atoms with E-state index >= 15 is 0 Å². The molecule has 21 heteroatoms. The van der Waals surface area contributed by atoms with E-state index in [1.165, 1.54) is 62.6 Å². The number of allylic oxidation sites excluding steroid dienone is 6. The number of carbonyl (C=O) groups excluding carboxylic acids is 3. The minimum absolute atomic E-state index is 0.00111. The van der Waals surface area contributed by atoms with Crippen molar-refractivity contribution in [3.63, 3.8) is 0 Å². The average molecular weight is 1220 g/mol. The summed E-state index contributed by atoms with van der Waals surface area (Å²) in [4.78, 5) is 82.7. The molecule has 6 aliphatic heterocycles. The SMILES string of the molecule is C=CC(=O)N1CCN(c2ncnc3c2CCN(C2=C(O)C=CC4C=CC=CC24)C3)CC1.C=CC(=O)N1CCN(c2ncnc3c2CCN(c2c(C)ccc4[nH]ncc24)C3)CC1.C=CC(=O)N1CCN(c2ncnc3c2CCN(c2cccc4ccccc24)C3)CC1. The Labute approximate surface area is 530 Å². The van der Waals surface area contributed by atoms with Crippen molar-refractivity contribution in [2.45, 2.75) is 45.8 Å². The molecule has 0 spiro atoms. The van der Waals surface area contributed by atoms with E-state index in [-0.39, 0.29) is 29.6 Å². The highest BCUT2D eigenvalue weighted by Crippen LogP contribution is 2.40. The highest BCUT2D eigenvalue weighted by atomic mass is 16.3. The standard InChI is InChI=1S/C24H27N5O2.C24H25N5O.C22H25N7O/c1-2-22(31)27-11-13-28(14-12-27)24-19-9-10-29(15-20(19)25-16-26-24)23-18-6-4-3-5-17(18)7-8-21(23)30;1-2-23(30)27-12-14-28(15-13-27)24-20-10-11-29(16-21(20)25-17-26-24)22-9-5-7-18-6-3-4-8-19(18)22;1-3-20(30)27-8-10-28(11-9-27)22-16-6-7-29(13-19(16)23-14-24-22)21-15(2)4-5-18-17(21)12-25-26-18/h2-8,16-18,30H,1,9-15H2;2-9,17H,1,10-16H2;3-5,12,14H,1,6-11,13H2,2H3,(H,25,26). The minimum atomic E-state index is -0.0143. The van der Waals surface area contributed by atoms with Crippen LogP contribution >= 0.6 is 0 Å². The number of nitrogens with one attached hydrogen (secondary N) is 1. The van der Waals surface area contributed by atoms with Crippen molar-refractivity contribution in [1.82, 2.24) is 59.7 Å². The summed E-state index contributed by atoms with van der Waals surface area (Å²) >= 11 is 0. The van der Waals surface area contributed by atoms with Gasteiger partial charge in [0, 0.05) is 143 Å². The van der Waals surface area contributed by atoms with Crippen molar-refractivity contribution in [2.24, 2.45) is 11.8 Å². The fraction of sp³-hybridized carbons (Fsp3) is 0.343. The molecule has 3 aromatic carbocycles. The first-order chi connectivity index (χ1) is 44.5. The quantitative estimate of drug-likeness (QED) is 0.135. The van der Waals surface area contributed by atoms with Gasteiger partial charge < -0.3 is 49.2 Å². The number of anilines is 5. The minimum Gasteiger partial charge on any atom is -0.506 e. The van der Waals surface area contributed by atoms with Gasteiger partial charge in [-0.3, -0.25) is 19.5 Å². The molecule has 466 valence electrons. The summed E-state index contributed by atoms with van der Waals surface area (Å²) < 4.78 is 0. The third-order valence-corrected chi connectivity index (χ3v) is 18.9. The van der Waals surface area contributed by atoms with E-state index in [0.29, 0.717) is 51.6 Å². The number of aliphatic hydroxyl groups is 1. The smallest absolute Gasteiger partial charge is 0.246 e. The molecule has 2 N–H and O–H groups in total. The van der Waals surface area contributed by atoms with Gasteiger partial charge in [0.1, 0.15) is 42.2 Å². The van der Waals surface area contributed by atoms with Crippen LogP contribution in [-0.2, 0) is 53.3 Å². The van der Waals surface area contributed by atoms with Crippen molar-refractivity contribution in [1.29, 1.82) is 0 Å². The van der Waals surface area contributed by atoms with Gasteiger partial charge in [-0.1, -0.05) is 92.6 Å². The van der Waals surface area contributed by atoms with Gasteiger partial charge in [0.2, 0.25) is 17.7 Å². The number of aromatic nitrogens is 8. The van der Waals surface area contributed by atoms with E-state index in [1.54, 1.807) is 19.0 Å². The Kier molecular flexibility index (Phi) is 17.4. The highest BCUT2D eigenvalue weighted by molar-refractivity contribution is 5.95. The van der Waals surface area contributed by atoms with Gasteiger partial charge >= 0.3 is 0 Å². The summed E-state index contributed by atoms with van der Waals surface area (Å²) in [6.45, 7) is 26.5. The van der Waals surface area contributed by atoms with Crippen LogP contribution in [0.2, 0.25) is 0 Å². The molecule has 2 aliphatic carbocycles. The summed E-state index contributed by atoms with van der Waals surface area (Å²) in [5.41, 5.74) is 12.6. The Bertz CT molecular complexity index is 4050. The molecule has 2 atom stereocenters. The van der Waals surface area contributed by atoms with Crippen LogP contribution in [0.3, 0.4) is 0 Å². The molecule has 0 bridgehead atoms. The number of H-pyrrole nitrogens is 1. The Morgan fingerprint density at radius 3 is 1.55 bits per heavy atom. The molecular weight excluding hydrogens is 1140 g/mol. The lowest BCUT2D eigenvalue weighted by Gasteiger charge is -2.40. The first-order valence-electron chi connectivity index (χ1n) is 31.6. The van der Waals surface area contributed by atoms with Gasteiger partial charge in [-0.2, -0.15) is 5.10 Å². The van der Waals surface area contributed by atoms with Crippen LogP contribution in [0.4, 0.5) is 28.8 Å². The lowest BCUT2D eigenvalue weighted by molar-refractivity contribution is -0.127. The van der Waals surface area contributed by atoms with Crippen LogP contribution in [0.1, 0.15) is 39.3 Å². The largest absolute Gasteiger partial charge is 0.506 e. The molecule has 4 aromatic heterocycles. The summed E-state index contributed by atoms with van der Waals surface area (Å²) in [5.74, 6) is 3.81. The van der Waals surface area contributed by atoms with E-state index in [0.717, 1.165) is 142 Å². The van der Waals surface area contributed by atoms with Gasteiger partial charge in [-0.25, -0.2) is 29.9 Å². The summed E-state index contributed by atoms with van der Waals surface area (Å²) in [7, 11) is 0. The van der Waals surface area contributed by atoms with E-state index in [2.05, 4.69) is 181 Å². The van der Waals surface area contributed by atoms with Gasteiger partial charge in [0.05, 0.1) is 59.8 Å². The number of aryl methyl sites for hydroxylation is 1. The monoisotopic (exact) mass is 1220 g/mol. The van der Waals surface area contributed by atoms with E-state index < -0.39 is 0 Å². The zero-order valence-electron chi connectivity index (χ0n) is 51.7. The number of aliphatic hydroxyl groups excluding tert-OH is 1. The van der Waals surface area contributed by atoms with Gasteiger partial charge in [-0.05, 0) is 73.6 Å². The molecule has 15 rings (SSSR count). The molecule has 3 fully saturated rings. The summed E-state index contributed by atoms with van der Waals surface area (Å²) in [5, 5.41) is 21.7. The molecular formula is C70H77N17O4. The van der Waals surface area contributed by atoms with Crippen molar-refractivity contribution in [3.8, 4) is 0 Å². The topological polar surface area (TPSA) is 207 Å². The number of hydrogen-bond donors (Lipinski definition) is 2. The number of nitrogens with zero attached hydrogens (tertiary/aromatic N) is 16. The average Bonchev–Trinajstić information content (AvgIpc) is 3.51. The molecule has 21 nitrogen and oxygen atoms in total. The second kappa shape index (κ2) is 26.5. The number of rotatable bonds is 9. The van der Waals surface area contributed by atoms with Gasteiger partial charge in [-0.15, -0.1) is 0 Å². The fourth-order valence-corrected chi connectivity index (χ4v) is 14.2. The maximum atomic E-state index is 11.9. The fourth-order valence-electron chi connectivity index (χ4n) is 14.2. The number of fused-ring (bicyclic) bond motifs is 6. The molecule has 2 unspecified atom stereocenters. The first kappa shape index (κ1) is 59.8. The number of hydrogen-bond acceptors (Lipinski definition) is 17. The predicted molar refractivity (Wildman–Crippen MR) is 356 cm³/mol. The number of aromatic amines is 1. The van der Waals surface area contributed by atoms with Crippen molar-refractivity contribution >= 4 is 68.2 Å². The molecule has 0 saturated carbocycles. The Balaban J connectivity index is 0.000000125. The van der Waals surface area contributed by atoms with Crippen molar-refractivity contribution in [2.75, 3.05) is 123 Å². The molecule has 7 aromatic rings. The van der Waals surface area contributed by atoms with Crippen LogP contribution in [0.25, 0.3) is 21.7 Å². The molecule has 3 amide bonds. The number of benzene rings is 3. The van der Waals surface area contributed by atoms with Gasteiger partial charge in [0.25, 0.3) is 0 Å². The maximum absolute atomic E-state index is 11.9. The van der Waals surface area contributed by atoms with E-state index in [1.807, 2.05) is 27.0 Å². The zero-order chi connectivity index (χ0) is 62.5. The third kappa shape index (κ3) is 12.2. The van der Waals surface area contributed by atoms with Crippen LogP contribution in [0, 0.1) is 18.8 Å². The Morgan fingerprint density at radius 2 is 1.00 bits per heavy atom.